The molecule has 2 N–H and O–H groups in total. The van der Waals surface area contributed by atoms with Gasteiger partial charge in [0.1, 0.15) is 24.4 Å². The van der Waals surface area contributed by atoms with Gasteiger partial charge >= 0.3 is 0 Å². The number of benzene rings is 2. The van der Waals surface area contributed by atoms with Crippen molar-refractivity contribution in [1.29, 1.82) is 0 Å². The summed E-state index contributed by atoms with van der Waals surface area (Å²) in [7, 11) is 1.23. The molecule has 36 heavy (non-hydrogen) atoms. The zero-order valence-corrected chi connectivity index (χ0v) is 22.5. The zero-order valence-electron chi connectivity index (χ0n) is 21.7. The van der Waals surface area contributed by atoms with Crippen molar-refractivity contribution in [3.8, 4) is 17.2 Å². The highest BCUT2D eigenvalue weighted by atomic mass is 32.2. The van der Waals surface area contributed by atoms with Gasteiger partial charge in [0.25, 0.3) is 0 Å². The second-order valence-electron chi connectivity index (χ2n) is 8.89. The van der Waals surface area contributed by atoms with Crippen LogP contribution in [0.5, 0.6) is 17.2 Å². The Labute approximate surface area is 213 Å². The molecule has 2 aromatic carbocycles. The van der Waals surface area contributed by atoms with Crippen molar-refractivity contribution in [2.45, 2.75) is 55.6 Å². The van der Waals surface area contributed by atoms with Crippen molar-refractivity contribution in [3.05, 3.63) is 47.5 Å². The topological polar surface area (TPSA) is 116 Å². The molecule has 0 radical (unpaired) electrons. The molecule has 5 unspecified atom stereocenters. The average Bonchev–Trinajstić information content (AvgIpc) is 3.22. The van der Waals surface area contributed by atoms with Crippen molar-refractivity contribution in [3.63, 3.8) is 0 Å². The lowest BCUT2D eigenvalue weighted by Gasteiger charge is -2.26. The molecule has 5 atom stereocenters. The summed E-state index contributed by atoms with van der Waals surface area (Å²) in [6.45, 7) is 4.65. The zero-order chi connectivity index (χ0) is 26.5. The highest BCUT2D eigenvalue weighted by molar-refractivity contribution is 7.90. The monoisotopic (exact) mass is 523 g/mol. The van der Waals surface area contributed by atoms with Crippen molar-refractivity contribution in [2.75, 3.05) is 40.8 Å². The van der Waals surface area contributed by atoms with Crippen LogP contribution in [0.2, 0.25) is 0 Å². The lowest BCUT2D eigenvalue weighted by atomic mass is 9.97. The van der Waals surface area contributed by atoms with Crippen LogP contribution in [0.25, 0.3) is 0 Å². The van der Waals surface area contributed by atoms with Gasteiger partial charge in [0.15, 0.2) is 21.3 Å². The Morgan fingerprint density at radius 2 is 1.56 bits per heavy atom. The fourth-order valence-corrected chi connectivity index (χ4v) is 4.94. The lowest BCUT2D eigenvalue weighted by molar-refractivity contribution is -0.0694. The molecule has 10 heteroatoms. The van der Waals surface area contributed by atoms with Gasteiger partial charge in [-0.3, -0.25) is 0 Å². The van der Waals surface area contributed by atoms with Crippen LogP contribution < -0.4 is 19.9 Å². The Morgan fingerprint density at radius 3 is 2.08 bits per heavy atom. The van der Waals surface area contributed by atoms with Crippen LogP contribution in [0, 0.1) is 0 Å². The van der Waals surface area contributed by atoms with Crippen molar-refractivity contribution >= 4 is 9.84 Å². The van der Waals surface area contributed by atoms with Gasteiger partial charge in [-0.15, -0.1) is 0 Å². The summed E-state index contributed by atoms with van der Waals surface area (Å²) in [5.74, 6) is 1.44. The van der Waals surface area contributed by atoms with Crippen LogP contribution >= 0.6 is 0 Å². The molecule has 2 aromatic rings. The SMILES string of the molecule is CCCOC1C(c2cc(OC)c(OC)c(OC)c2)OC(c2cccc(S(C)(=O)=O)c2)C1OCC(C)N. The first-order valence-electron chi connectivity index (χ1n) is 11.9. The third-order valence-corrected chi connectivity index (χ3v) is 7.02. The Morgan fingerprint density at radius 1 is 0.944 bits per heavy atom. The number of nitrogens with two attached hydrogens (primary N) is 1. The van der Waals surface area contributed by atoms with E-state index in [-0.39, 0.29) is 17.5 Å². The Bertz CT molecular complexity index is 1100. The van der Waals surface area contributed by atoms with Crippen molar-refractivity contribution in [2.24, 2.45) is 5.73 Å². The van der Waals surface area contributed by atoms with Gasteiger partial charge < -0.3 is 34.2 Å². The summed E-state index contributed by atoms with van der Waals surface area (Å²) in [6.07, 6.45) is -0.226. The fourth-order valence-electron chi connectivity index (χ4n) is 4.26. The van der Waals surface area contributed by atoms with Crippen LogP contribution in [0.1, 0.15) is 43.6 Å². The fraction of sp³-hybridized carbons (Fsp3) is 0.538. The molecule has 0 spiro atoms. The average molecular weight is 524 g/mol. The van der Waals surface area contributed by atoms with E-state index in [0.29, 0.717) is 29.4 Å². The molecule has 1 heterocycles. The summed E-state index contributed by atoms with van der Waals surface area (Å²) in [5, 5.41) is 0. The summed E-state index contributed by atoms with van der Waals surface area (Å²) in [5.41, 5.74) is 7.43. The highest BCUT2D eigenvalue weighted by Gasteiger charge is 2.48. The molecule has 1 saturated heterocycles. The number of hydrogen-bond acceptors (Lipinski definition) is 9. The number of rotatable bonds is 12. The third kappa shape index (κ3) is 6.30. The Hall–Kier alpha value is -2.37. The van der Waals surface area contributed by atoms with Crippen LogP contribution in [-0.4, -0.2) is 67.5 Å². The summed E-state index contributed by atoms with van der Waals surface area (Å²) in [6, 6.07) is 10.2. The number of hydrogen-bond donors (Lipinski definition) is 1. The molecule has 0 amide bonds. The molecular formula is C26H37NO8S. The largest absolute Gasteiger partial charge is 0.493 e. The molecule has 1 aliphatic heterocycles. The van der Waals surface area contributed by atoms with E-state index in [9.17, 15) is 8.42 Å². The summed E-state index contributed by atoms with van der Waals surface area (Å²) < 4.78 is 60.2. The smallest absolute Gasteiger partial charge is 0.203 e. The van der Waals surface area contributed by atoms with Gasteiger partial charge in [0.05, 0.1) is 32.8 Å². The molecule has 0 saturated carbocycles. The maximum absolute atomic E-state index is 12.2. The van der Waals surface area contributed by atoms with Gasteiger partial charge in [-0.05, 0) is 48.7 Å². The quantitative estimate of drug-likeness (QED) is 0.446. The van der Waals surface area contributed by atoms with Crippen LogP contribution in [0.4, 0.5) is 0 Å². The molecule has 0 aliphatic carbocycles. The second kappa shape index (κ2) is 12.2. The highest BCUT2D eigenvalue weighted by Crippen LogP contribution is 2.48. The maximum atomic E-state index is 12.2. The van der Waals surface area contributed by atoms with E-state index in [0.717, 1.165) is 12.0 Å². The molecule has 0 aromatic heterocycles. The molecule has 1 fully saturated rings. The lowest BCUT2D eigenvalue weighted by Crippen LogP contribution is -2.36. The maximum Gasteiger partial charge on any atom is 0.203 e. The van der Waals surface area contributed by atoms with Gasteiger partial charge in [0.2, 0.25) is 5.75 Å². The Kier molecular flexibility index (Phi) is 9.59. The number of sulfone groups is 1. The van der Waals surface area contributed by atoms with Crippen molar-refractivity contribution in [1.82, 2.24) is 0 Å². The summed E-state index contributed by atoms with van der Waals surface area (Å²) in [4.78, 5) is 0.205. The number of methoxy groups -OCH3 is 3. The van der Waals surface area contributed by atoms with Crippen LogP contribution in [-0.2, 0) is 24.0 Å². The van der Waals surface area contributed by atoms with E-state index in [1.54, 1.807) is 39.5 Å². The van der Waals surface area contributed by atoms with Crippen LogP contribution in [0.3, 0.4) is 0 Å². The molecule has 3 rings (SSSR count). The first kappa shape index (κ1) is 28.2. The van der Waals surface area contributed by atoms with E-state index in [4.69, 9.17) is 34.2 Å². The van der Waals surface area contributed by atoms with E-state index in [1.165, 1.54) is 6.26 Å². The van der Waals surface area contributed by atoms with E-state index < -0.39 is 34.3 Å². The Balaban J connectivity index is 2.12. The van der Waals surface area contributed by atoms with Gasteiger partial charge in [-0.1, -0.05) is 19.1 Å². The minimum Gasteiger partial charge on any atom is -0.493 e. The van der Waals surface area contributed by atoms with E-state index >= 15 is 0 Å². The van der Waals surface area contributed by atoms with E-state index in [1.807, 2.05) is 32.0 Å². The normalized spacial score (nSPS) is 22.9. The molecule has 200 valence electrons. The van der Waals surface area contributed by atoms with Crippen LogP contribution in [0.15, 0.2) is 41.3 Å². The first-order valence-corrected chi connectivity index (χ1v) is 13.8. The number of ether oxygens (including phenoxy) is 6. The minimum absolute atomic E-state index is 0.205. The predicted molar refractivity (Wildman–Crippen MR) is 136 cm³/mol. The third-order valence-electron chi connectivity index (χ3n) is 5.91. The van der Waals surface area contributed by atoms with Gasteiger partial charge in [0, 0.05) is 18.9 Å². The molecular weight excluding hydrogens is 486 g/mol. The first-order chi connectivity index (χ1) is 17.1. The second-order valence-corrected chi connectivity index (χ2v) is 10.9. The standard InChI is InChI=1S/C26H37NO8S/c1-7-11-33-25-23(18-13-20(30-3)24(32-5)21(14-18)31-4)35-22(26(25)34-15-16(2)27)17-9-8-10-19(12-17)36(6,28)29/h8-10,12-14,16,22-23,25-26H,7,11,15,27H2,1-6H3. The predicted octanol–water partition coefficient (Wildman–Crippen LogP) is 3.46. The van der Waals surface area contributed by atoms with Crippen molar-refractivity contribution < 1.29 is 36.8 Å². The molecule has 9 nitrogen and oxygen atoms in total. The van der Waals surface area contributed by atoms with E-state index in [2.05, 4.69) is 0 Å². The summed E-state index contributed by atoms with van der Waals surface area (Å²) >= 11 is 0. The molecule has 1 aliphatic rings. The molecule has 0 bridgehead atoms. The van der Waals surface area contributed by atoms with Gasteiger partial charge in [-0.25, -0.2) is 8.42 Å². The van der Waals surface area contributed by atoms with Gasteiger partial charge in [-0.2, -0.15) is 0 Å². The minimum atomic E-state index is -3.41.